The molecular formula is C8H15BO4. The maximum atomic E-state index is 9.83. The Hall–Kier alpha value is -0.0951. The summed E-state index contributed by atoms with van der Waals surface area (Å²) < 4.78 is 10.3. The van der Waals surface area contributed by atoms with Crippen molar-refractivity contribution in [3.63, 3.8) is 0 Å². The minimum absolute atomic E-state index is 0.166. The van der Waals surface area contributed by atoms with Crippen LogP contribution in [-0.4, -0.2) is 56.7 Å². The van der Waals surface area contributed by atoms with Gasteiger partial charge in [0.2, 0.25) is 0 Å². The molecule has 0 aromatic rings. The number of methoxy groups -OCH3 is 1. The van der Waals surface area contributed by atoms with Crippen molar-refractivity contribution in [3.05, 3.63) is 0 Å². The number of hydrogen-bond acceptors (Lipinski definition) is 4. The molecule has 74 valence electrons. The van der Waals surface area contributed by atoms with Crippen LogP contribution in [0.5, 0.6) is 0 Å². The molecule has 1 unspecified atom stereocenters. The van der Waals surface area contributed by atoms with Gasteiger partial charge in [0.25, 0.3) is 0 Å². The Morgan fingerprint density at radius 3 is 2.85 bits per heavy atom. The highest BCUT2D eigenvalue weighted by Gasteiger charge is 2.45. The quantitative estimate of drug-likeness (QED) is 0.552. The van der Waals surface area contributed by atoms with E-state index in [1.165, 1.54) is 7.11 Å². The van der Waals surface area contributed by atoms with Crippen molar-refractivity contribution in [2.75, 3.05) is 26.9 Å². The number of hydrogen-bond donors (Lipinski definition) is 2. The van der Waals surface area contributed by atoms with E-state index >= 15 is 0 Å². The molecule has 1 heterocycles. The van der Waals surface area contributed by atoms with Gasteiger partial charge in [-0.2, -0.15) is 0 Å². The zero-order valence-electron chi connectivity index (χ0n) is 7.77. The summed E-state index contributed by atoms with van der Waals surface area (Å²) in [5.74, 6) is -0.166. The van der Waals surface area contributed by atoms with Crippen LogP contribution in [0.25, 0.3) is 0 Å². The molecule has 1 aliphatic rings. The van der Waals surface area contributed by atoms with Crippen LogP contribution in [0.4, 0.5) is 0 Å². The minimum atomic E-state index is -0.998. The van der Waals surface area contributed by atoms with Gasteiger partial charge in [0, 0.05) is 13.0 Å². The summed E-state index contributed by atoms with van der Waals surface area (Å²) in [5, 5.41) is 19.0. The zero-order valence-corrected chi connectivity index (χ0v) is 7.77. The number of ether oxygens (including phenoxy) is 2. The number of aliphatic hydroxyl groups is 2. The Morgan fingerprint density at radius 2 is 2.38 bits per heavy atom. The summed E-state index contributed by atoms with van der Waals surface area (Å²) in [4.78, 5) is 0. The van der Waals surface area contributed by atoms with E-state index in [0.29, 0.717) is 12.9 Å². The molecule has 3 atom stereocenters. The van der Waals surface area contributed by atoms with Crippen molar-refractivity contribution in [1.82, 2.24) is 0 Å². The third-order valence-electron chi connectivity index (χ3n) is 2.64. The fourth-order valence-corrected chi connectivity index (χ4v) is 1.57. The Labute approximate surface area is 79.3 Å². The van der Waals surface area contributed by atoms with Gasteiger partial charge in [-0.15, -0.1) is 0 Å². The molecule has 2 N–H and O–H groups in total. The molecule has 0 amide bonds. The fourth-order valence-electron chi connectivity index (χ4n) is 1.57. The van der Waals surface area contributed by atoms with Gasteiger partial charge in [-0.1, -0.05) is 6.32 Å². The molecule has 1 fully saturated rings. The van der Waals surface area contributed by atoms with Crippen LogP contribution in [-0.2, 0) is 9.47 Å². The monoisotopic (exact) mass is 186 g/mol. The molecule has 0 saturated carbocycles. The van der Waals surface area contributed by atoms with E-state index in [4.69, 9.17) is 22.4 Å². The molecular weight excluding hydrogens is 171 g/mol. The molecule has 1 rings (SSSR count). The first-order chi connectivity index (χ1) is 6.20. The normalized spacial score (nSPS) is 40.5. The van der Waals surface area contributed by atoms with Gasteiger partial charge in [-0.05, 0) is 0 Å². The summed E-state index contributed by atoms with van der Waals surface area (Å²) in [6.45, 7) is 0.363. The van der Waals surface area contributed by atoms with Gasteiger partial charge in [-0.25, -0.2) is 0 Å². The molecule has 2 radical (unpaired) electrons. The number of rotatable bonds is 3. The van der Waals surface area contributed by atoms with Gasteiger partial charge >= 0.3 is 0 Å². The van der Waals surface area contributed by atoms with E-state index in [0.717, 1.165) is 0 Å². The van der Waals surface area contributed by atoms with Crippen LogP contribution in [0, 0.1) is 5.92 Å². The molecule has 13 heavy (non-hydrogen) atoms. The fraction of sp³-hybridized carbons (Fsp3) is 1.00. The van der Waals surface area contributed by atoms with Crippen molar-refractivity contribution in [3.8, 4) is 0 Å². The predicted molar refractivity (Wildman–Crippen MR) is 47.7 cm³/mol. The van der Waals surface area contributed by atoms with E-state index in [9.17, 15) is 5.11 Å². The van der Waals surface area contributed by atoms with Crippen LogP contribution >= 0.6 is 0 Å². The zero-order chi connectivity index (χ0) is 9.90. The van der Waals surface area contributed by atoms with Crippen LogP contribution < -0.4 is 0 Å². The molecule has 0 aromatic carbocycles. The second-order valence-electron chi connectivity index (χ2n) is 3.38. The first-order valence-electron chi connectivity index (χ1n) is 4.32. The summed E-state index contributed by atoms with van der Waals surface area (Å²) in [5.41, 5.74) is -0.998. The van der Waals surface area contributed by atoms with Gasteiger partial charge in [0.1, 0.15) is 5.60 Å². The predicted octanol–water partition coefficient (Wildman–Crippen LogP) is -1.04. The molecule has 0 spiro atoms. The maximum Gasteiger partial charge on any atom is 0.140 e. The summed E-state index contributed by atoms with van der Waals surface area (Å²) in [6, 6.07) is 0. The Morgan fingerprint density at radius 1 is 1.69 bits per heavy atom. The van der Waals surface area contributed by atoms with Gasteiger partial charge < -0.3 is 19.7 Å². The summed E-state index contributed by atoms with van der Waals surface area (Å²) >= 11 is 0. The van der Waals surface area contributed by atoms with Crippen molar-refractivity contribution < 1.29 is 19.7 Å². The first-order valence-corrected chi connectivity index (χ1v) is 4.32. The lowest BCUT2D eigenvalue weighted by Crippen LogP contribution is -2.58. The summed E-state index contributed by atoms with van der Waals surface area (Å²) in [7, 11) is 6.89. The molecule has 4 nitrogen and oxygen atoms in total. The highest BCUT2D eigenvalue weighted by Crippen LogP contribution is 2.28. The molecule has 0 aliphatic carbocycles. The van der Waals surface area contributed by atoms with Crippen LogP contribution in [0.3, 0.4) is 0 Å². The molecule has 1 saturated heterocycles. The second kappa shape index (κ2) is 4.42. The molecule has 0 aromatic heterocycles. The standard InChI is InChI=1S/C8H15BO4/c1-12-8(4-10)5-13-3-6(2-9)7(8)11/h6-7,10-11H,2-5H2,1H3/t6-,7?,8-/m0/s1. The van der Waals surface area contributed by atoms with Crippen molar-refractivity contribution >= 4 is 7.85 Å². The Balaban J connectivity index is 2.72. The lowest BCUT2D eigenvalue weighted by molar-refractivity contribution is -0.211. The second-order valence-corrected chi connectivity index (χ2v) is 3.38. The van der Waals surface area contributed by atoms with Gasteiger partial charge in [0.05, 0.1) is 33.8 Å². The Kier molecular flexibility index (Phi) is 3.73. The third-order valence-corrected chi connectivity index (χ3v) is 2.64. The number of aliphatic hydroxyl groups excluding tert-OH is 2. The van der Waals surface area contributed by atoms with Gasteiger partial charge in [0.15, 0.2) is 0 Å². The average molecular weight is 186 g/mol. The highest BCUT2D eigenvalue weighted by molar-refractivity contribution is 6.08. The smallest absolute Gasteiger partial charge is 0.140 e. The van der Waals surface area contributed by atoms with Crippen LogP contribution in [0.15, 0.2) is 0 Å². The van der Waals surface area contributed by atoms with Crippen molar-refractivity contribution in [2.45, 2.75) is 18.0 Å². The van der Waals surface area contributed by atoms with E-state index in [2.05, 4.69) is 0 Å². The first kappa shape index (κ1) is 11.0. The Bertz CT molecular complexity index is 160. The highest BCUT2D eigenvalue weighted by atomic mass is 16.6. The van der Waals surface area contributed by atoms with E-state index in [1.807, 2.05) is 0 Å². The summed E-state index contributed by atoms with van der Waals surface area (Å²) in [6.07, 6.45) is -0.437. The van der Waals surface area contributed by atoms with Gasteiger partial charge in [-0.3, -0.25) is 0 Å². The molecule has 5 heteroatoms. The van der Waals surface area contributed by atoms with Crippen molar-refractivity contribution in [1.29, 1.82) is 0 Å². The van der Waals surface area contributed by atoms with E-state index < -0.39 is 11.7 Å². The average Bonchev–Trinajstić information content (AvgIpc) is 2.19. The lowest BCUT2D eigenvalue weighted by atomic mass is 9.79. The van der Waals surface area contributed by atoms with Crippen molar-refractivity contribution in [2.24, 2.45) is 5.92 Å². The van der Waals surface area contributed by atoms with Crippen LogP contribution in [0.1, 0.15) is 0 Å². The lowest BCUT2D eigenvalue weighted by Gasteiger charge is -2.42. The maximum absolute atomic E-state index is 9.83. The van der Waals surface area contributed by atoms with E-state index in [1.54, 1.807) is 0 Å². The van der Waals surface area contributed by atoms with Crippen LogP contribution in [0.2, 0.25) is 6.32 Å². The third kappa shape index (κ3) is 1.88. The minimum Gasteiger partial charge on any atom is -0.393 e. The topological polar surface area (TPSA) is 58.9 Å². The largest absolute Gasteiger partial charge is 0.393 e. The SMILES string of the molecule is [B]C[C@H]1COC[C@](CO)(OC)C1O. The molecule has 0 bridgehead atoms. The van der Waals surface area contributed by atoms with E-state index in [-0.39, 0.29) is 19.1 Å². The molecule has 1 aliphatic heterocycles.